The predicted molar refractivity (Wildman–Crippen MR) is 105 cm³/mol. The molecule has 2 atom stereocenters. The number of hydrogen-bond acceptors (Lipinski definition) is 4. The summed E-state index contributed by atoms with van der Waals surface area (Å²) in [4.78, 5) is 16.5. The standard InChI is InChI=1S/C18H15ClN2O2S2/c1-23-14-8-2-11(3-9-14)17-21-15(10-25-17)16(22)20(18(21)24)13-6-4-12(19)5-7-13/h2-9,15,17H,10H2,1H3/t15-,17?/m1/s1. The van der Waals surface area contributed by atoms with Crippen molar-refractivity contribution in [1.82, 2.24) is 4.90 Å². The van der Waals surface area contributed by atoms with Gasteiger partial charge >= 0.3 is 0 Å². The van der Waals surface area contributed by atoms with E-state index in [-0.39, 0.29) is 17.3 Å². The summed E-state index contributed by atoms with van der Waals surface area (Å²) in [7, 11) is 1.65. The van der Waals surface area contributed by atoms with Crippen molar-refractivity contribution in [2.45, 2.75) is 11.4 Å². The van der Waals surface area contributed by atoms with Crippen molar-refractivity contribution in [1.29, 1.82) is 0 Å². The number of thiocarbonyl (C=S) groups is 1. The Bertz CT molecular complexity index is 826. The van der Waals surface area contributed by atoms with Gasteiger partial charge in [-0.25, -0.2) is 0 Å². The topological polar surface area (TPSA) is 32.8 Å². The summed E-state index contributed by atoms with van der Waals surface area (Å²) in [6.45, 7) is 0. The minimum Gasteiger partial charge on any atom is -0.497 e. The van der Waals surface area contributed by atoms with Crippen LogP contribution in [0.5, 0.6) is 5.75 Å². The maximum atomic E-state index is 12.9. The fourth-order valence-electron chi connectivity index (χ4n) is 3.14. The molecule has 0 saturated carbocycles. The van der Waals surface area contributed by atoms with E-state index in [0.29, 0.717) is 10.1 Å². The molecule has 2 aromatic carbocycles. The summed E-state index contributed by atoms with van der Waals surface area (Å²) in [5, 5.41) is 1.21. The molecule has 1 unspecified atom stereocenters. The maximum Gasteiger partial charge on any atom is 0.257 e. The minimum atomic E-state index is -0.222. The van der Waals surface area contributed by atoms with Crippen molar-refractivity contribution in [2.75, 3.05) is 17.8 Å². The lowest BCUT2D eigenvalue weighted by Gasteiger charge is -2.25. The third-order valence-electron chi connectivity index (χ3n) is 4.40. The Morgan fingerprint density at radius 2 is 1.84 bits per heavy atom. The number of rotatable bonds is 3. The Kier molecular flexibility index (Phi) is 4.35. The van der Waals surface area contributed by atoms with Gasteiger partial charge in [-0.15, -0.1) is 11.8 Å². The van der Waals surface area contributed by atoms with E-state index in [1.54, 1.807) is 35.9 Å². The number of carbonyl (C=O) groups is 1. The molecule has 128 valence electrons. The lowest BCUT2D eigenvalue weighted by atomic mass is 10.2. The summed E-state index contributed by atoms with van der Waals surface area (Å²) in [6.07, 6.45) is 0. The first-order valence-corrected chi connectivity index (χ1v) is 9.61. The highest BCUT2D eigenvalue weighted by molar-refractivity contribution is 7.99. The molecule has 0 N–H and O–H groups in total. The van der Waals surface area contributed by atoms with Gasteiger partial charge in [0.05, 0.1) is 12.8 Å². The fourth-order valence-corrected chi connectivity index (χ4v) is 5.19. The smallest absolute Gasteiger partial charge is 0.257 e. The van der Waals surface area contributed by atoms with Crippen molar-refractivity contribution < 1.29 is 9.53 Å². The molecule has 0 aliphatic carbocycles. The van der Waals surface area contributed by atoms with Gasteiger partial charge in [0, 0.05) is 10.8 Å². The van der Waals surface area contributed by atoms with Crippen LogP contribution in [-0.4, -0.2) is 34.8 Å². The van der Waals surface area contributed by atoms with E-state index in [1.165, 1.54) is 0 Å². The van der Waals surface area contributed by atoms with Gasteiger partial charge < -0.3 is 9.64 Å². The zero-order valence-electron chi connectivity index (χ0n) is 13.4. The van der Waals surface area contributed by atoms with Crippen molar-refractivity contribution >= 4 is 52.3 Å². The first-order valence-electron chi connectivity index (χ1n) is 7.77. The molecule has 2 aromatic rings. The van der Waals surface area contributed by atoms with Crippen LogP contribution in [0.4, 0.5) is 5.69 Å². The SMILES string of the molecule is COc1ccc(C2SC[C@@H]3C(=O)N(c4ccc(Cl)cc4)C(=S)N23)cc1. The normalized spacial score (nSPS) is 22.5. The number of fused-ring (bicyclic) bond motifs is 1. The molecule has 2 fully saturated rings. The van der Waals surface area contributed by atoms with E-state index < -0.39 is 0 Å². The average molecular weight is 391 g/mol. The van der Waals surface area contributed by atoms with Crippen LogP contribution in [0.1, 0.15) is 10.9 Å². The molecule has 2 heterocycles. The second-order valence-electron chi connectivity index (χ2n) is 5.81. The molecular weight excluding hydrogens is 376 g/mol. The van der Waals surface area contributed by atoms with Crippen molar-refractivity contribution in [3.8, 4) is 5.75 Å². The highest BCUT2D eigenvalue weighted by Gasteiger charge is 2.50. The zero-order valence-corrected chi connectivity index (χ0v) is 15.8. The molecule has 2 aliphatic rings. The van der Waals surface area contributed by atoms with E-state index >= 15 is 0 Å². The molecule has 0 spiro atoms. The van der Waals surface area contributed by atoms with Gasteiger partial charge in [-0.1, -0.05) is 23.7 Å². The van der Waals surface area contributed by atoms with Gasteiger partial charge in [0.2, 0.25) is 0 Å². The molecule has 2 aliphatic heterocycles. The van der Waals surface area contributed by atoms with Gasteiger partial charge in [0.15, 0.2) is 5.11 Å². The van der Waals surface area contributed by atoms with Gasteiger partial charge in [-0.05, 0) is 54.2 Å². The Morgan fingerprint density at radius 1 is 1.16 bits per heavy atom. The number of benzene rings is 2. The summed E-state index contributed by atoms with van der Waals surface area (Å²) in [5.41, 5.74) is 1.87. The molecule has 7 heteroatoms. The Balaban J connectivity index is 1.65. The second kappa shape index (κ2) is 6.52. The van der Waals surface area contributed by atoms with Crippen LogP contribution in [0.2, 0.25) is 5.02 Å². The zero-order chi connectivity index (χ0) is 17.6. The first-order chi connectivity index (χ1) is 12.1. The average Bonchev–Trinajstić information content (AvgIpc) is 3.17. The Labute approximate surface area is 160 Å². The third kappa shape index (κ3) is 2.78. The lowest BCUT2D eigenvalue weighted by Crippen LogP contribution is -2.33. The highest BCUT2D eigenvalue weighted by Crippen LogP contribution is 2.46. The minimum absolute atomic E-state index is 0.0239. The summed E-state index contributed by atoms with van der Waals surface area (Å²) < 4.78 is 5.22. The van der Waals surface area contributed by atoms with Crippen LogP contribution in [0, 0.1) is 0 Å². The number of amides is 1. The van der Waals surface area contributed by atoms with E-state index in [1.807, 2.05) is 41.3 Å². The molecule has 0 radical (unpaired) electrons. The van der Waals surface area contributed by atoms with Crippen molar-refractivity contribution in [3.05, 3.63) is 59.1 Å². The molecule has 0 aromatic heterocycles. The third-order valence-corrected chi connectivity index (χ3v) is 6.37. The van der Waals surface area contributed by atoms with Crippen LogP contribution in [0.15, 0.2) is 48.5 Å². The number of methoxy groups -OCH3 is 1. The molecule has 0 bridgehead atoms. The molecular formula is C18H15ClN2O2S2. The van der Waals surface area contributed by atoms with Gasteiger partial charge in [-0.3, -0.25) is 9.69 Å². The molecule has 4 rings (SSSR count). The van der Waals surface area contributed by atoms with Crippen LogP contribution >= 0.6 is 35.6 Å². The quantitative estimate of drug-likeness (QED) is 0.737. The van der Waals surface area contributed by atoms with Crippen molar-refractivity contribution in [2.24, 2.45) is 0 Å². The summed E-state index contributed by atoms with van der Waals surface area (Å²) in [5.74, 6) is 1.56. The number of ether oxygens (including phenoxy) is 1. The number of halogens is 1. The maximum absolute atomic E-state index is 12.9. The van der Waals surface area contributed by atoms with Gasteiger partial charge in [0.1, 0.15) is 17.2 Å². The monoisotopic (exact) mass is 390 g/mol. The van der Waals surface area contributed by atoms with E-state index in [9.17, 15) is 4.79 Å². The lowest BCUT2D eigenvalue weighted by molar-refractivity contribution is -0.119. The Morgan fingerprint density at radius 3 is 2.48 bits per heavy atom. The molecule has 25 heavy (non-hydrogen) atoms. The number of hydrogen-bond donors (Lipinski definition) is 0. The van der Waals surface area contributed by atoms with Crippen LogP contribution < -0.4 is 9.64 Å². The number of carbonyl (C=O) groups excluding carboxylic acids is 1. The van der Waals surface area contributed by atoms with Gasteiger partial charge in [-0.2, -0.15) is 0 Å². The second-order valence-corrected chi connectivity index (χ2v) is 7.73. The fraction of sp³-hybridized carbons (Fsp3) is 0.222. The van der Waals surface area contributed by atoms with Gasteiger partial charge in [0.25, 0.3) is 5.91 Å². The van der Waals surface area contributed by atoms with E-state index in [0.717, 1.165) is 22.8 Å². The Hall–Kier alpha value is -1.76. The number of thioether (sulfide) groups is 1. The number of anilines is 1. The summed E-state index contributed by atoms with van der Waals surface area (Å²) in [6, 6.07) is 14.9. The first kappa shape index (κ1) is 16.7. The molecule has 4 nitrogen and oxygen atoms in total. The van der Waals surface area contributed by atoms with Crippen molar-refractivity contribution in [3.63, 3.8) is 0 Å². The predicted octanol–water partition coefficient (Wildman–Crippen LogP) is 4.10. The van der Waals surface area contributed by atoms with Crippen LogP contribution in [0.25, 0.3) is 0 Å². The number of nitrogens with zero attached hydrogens (tertiary/aromatic N) is 2. The van der Waals surface area contributed by atoms with E-state index in [2.05, 4.69) is 0 Å². The highest BCUT2D eigenvalue weighted by atomic mass is 35.5. The largest absolute Gasteiger partial charge is 0.497 e. The van der Waals surface area contributed by atoms with Crippen LogP contribution in [-0.2, 0) is 4.79 Å². The molecule has 2 saturated heterocycles. The summed E-state index contributed by atoms with van der Waals surface area (Å²) >= 11 is 13.3. The molecule has 1 amide bonds. The van der Waals surface area contributed by atoms with E-state index in [4.69, 9.17) is 28.6 Å². The van der Waals surface area contributed by atoms with Crippen LogP contribution in [0.3, 0.4) is 0 Å².